The summed E-state index contributed by atoms with van der Waals surface area (Å²) in [6.45, 7) is 7.33. The number of aryl methyl sites for hydroxylation is 1. The van der Waals surface area contributed by atoms with Crippen LogP contribution in [0.15, 0.2) is 79.4 Å². The number of halogens is 1. The molecule has 2 aliphatic rings. The van der Waals surface area contributed by atoms with E-state index in [0.717, 1.165) is 37.8 Å². The molecule has 2 aromatic carbocycles. The van der Waals surface area contributed by atoms with Gasteiger partial charge in [-0.25, -0.2) is 4.98 Å². The van der Waals surface area contributed by atoms with Gasteiger partial charge in [0.25, 0.3) is 11.8 Å². The number of hydrogen-bond acceptors (Lipinski definition) is 11. The second-order valence-corrected chi connectivity index (χ2v) is 13.6. The Morgan fingerprint density at radius 3 is 2.12 bits per heavy atom. The minimum absolute atomic E-state index is 0.216. The van der Waals surface area contributed by atoms with Gasteiger partial charge < -0.3 is 38.3 Å². The molecule has 5 aromatic rings. The van der Waals surface area contributed by atoms with Crippen LogP contribution in [0.1, 0.15) is 33.6 Å². The molecule has 1 N–H and O–H groups in total. The molecule has 0 spiro atoms. The first kappa shape index (κ1) is 38.9. The summed E-state index contributed by atoms with van der Waals surface area (Å²) in [5.74, 6) is -0.618. The van der Waals surface area contributed by atoms with Gasteiger partial charge in [-0.05, 0) is 54.8 Å². The fraction of sp³-hybridized carbons (Fsp3) is 0.341. The van der Waals surface area contributed by atoms with Gasteiger partial charge in [0.15, 0.2) is 0 Å². The maximum Gasteiger partial charge on any atom is 0.262 e. The van der Waals surface area contributed by atoms with Crippen molar-refractivity contribution >= 4 is 51.1 Å². The smallest absolute Gasteiger partial charge is 0.262 e. The number of ether oxygens (including phenoxy) is 6. The highest BCUT2D eigenvalue weighted by Gasteiger charge is 2.44. The average molecular weight is 784 g/mol. The Kier molecular flexibility index (Phi) is 12.5. The second kappa shape index (κ2) is 18.0. The van der Waals surface area contributed by atoms with E-state index in [9.17, 15) is 14.4 Å². The monoisotopic (exact) mass is 783 g/mol. The summed E-state index contributed by atoms with van der Waals surface area (Å²) in [6, 6.07) is 14.0. The first-order valence-electron chi connectivity index (χ1n) is 18.4. The quantitative estimate of drug-likeness (QED) is 0.0852. The molecule has 2 aliphatic heterocycles. The zero-order chi connectivity index (χ0) is 39.0. The van der Waals surface area contributed by atoms with Gasteiger partial charge in [0, 0.05) is 53.2 Å². The van der Waals surface area contributed by atoms with E-state index in [2.05, 4.69) is 44.6 Å². The Bertz CT molecular complexity index is 2260. The lowest BCUT2D eigenvalue weighted by Gasteiger charge is -2.29. The first-order chi connectivity index (χ1) is 27.3. The van der Waals surface area contributed by atoms with Crippen LogP contribution in [0.3, 0.4) is 0 Å². The number of piperidine rings is 1. The Balaban J connectivity index is 0.704. The molecule has 7 rings (SSSR count). The van der Waals surface area contributed by atoms with E-state index in [1.807, 2.05) is 25.4 Å². The van der Waals surface area contributed by atoms with Gasteiger partial charge in [0.05, 0.1) is 69.5 Å². The highest BCUT2D eigenvalue weighted by atomic mass is 35.5. The van der Waals surface area contributed by atoms with Crippen molar-refractivity contribution in [3.8, 4) is 22.8 Å². The molecule has 5 heterocycles. The lowest BCUT2D eigenvalue weighted by atomic mass is 10.0. The van der Waals surface area contributed by atoms with Gasteiger partial charge in [-0.15, -0.1) is 0 Å². The van der Waals surface area contributed by atoms with Crippen LogP contribution in [-0.4, -0.2) is 109 Å². The van der Waals surface area contributed by atoms with Crippen molar-refractivity contribution in [2.75, 3.05) is 66.1 Å². The molecular formula is C41H42ClN5O9. The van der Waals surface area contributed by atoms with Crippen LogP contribution in [0.2, 0.25) is 5.02 Å². The fourth-order valence-electron chi connectivity index (χ4n) is 6.72. The predicted molar refractivity (Wildman–Crippen MR) is 208 cm³/mol. The fourth-order valence-corrected chi connectivity index (χ4v) is 6.94. The van der Waals surface area contributed by atoms with Crippen LogP contribution in [0, 0.1) is 0 Å². The van der Waals surface area contributed by atoms with Crippen LogP contribution in [-0.2, 0) is 30.8 Å². The van der Waals surface area contributed by atoms with Crippen LogP contribution in [0.4, 0.5) is 0 Å². The van der Waals surface area contributed by atoms with Gasteiger partial charge in [-0.3, -0.25) is 24.3 Å². The summed E-state index contributed by atoms with van der Waals surface area (Å²) in [4.78, 5) is 48.0. The van der Waals surface area contributed by atoms with Crippen molar-refractivity contribution in [2.45, 2.75) is 18.9 Å². The van der Waals surface area contributed by atoms with E-state index in [0.29, 0.717) is 94.7 Å². The third-order valence-electron chi connectivity index (χ3n) is 9.55. The third kappa shape index (κ3) is 8.69. The number of rotatable bonds is 19. The SMILES string of the molecule is C=C1CCC(N2C(=O)c3ccc(OCCOCCOCCOCCOCCOc4ncc(-c5ccc6c7cnccc7n(C)c6c5)cc4Cl)cc3C2=O)C(=O)N1. The van der Waals surface area contributed by atoms with E-state index in [1.165, 1.54) is 6.07 Å². The number of hydrogen-bond donors (Lipinski definition) is 1. The number of imide groups is 1. The van der Waals surface area contributed by atoms with Gasteiger partial charge >= 0.3 is 0 Å². The summed E-state index contributed by atoms with van der Waals surface area (Å²) in [5.41, 5.74) is 5.17. The normalized spacial score (nSPS) is 15.5. The molecule has 1 saturated heterocycles. The molecule has 292 valence electrons. The van der Waals surface area contributed by atoms with E-state index in [4.69, 9.17) is 40.0 Å². The van der Waals surface area contributed by atoms with Crippen LogP contribution >= 0.6 is 11.6 Å². The molecule has 0 aliphatic carbocycles. The van der Waals surface area contributed by atoms with Crippen molar-refractivity contribution in [1.29, 1.82) is 0 Å². The summed E-state index contributed by atoms with van der Waals surface area (Å²) in [5, 5.41) is 5.31. The second-order valence-electron chi connectivity index (χ2n) is 13.2. The molecule has 15 heteroatoms. The number of aromatic nitrogens is 3. The Labute approximate surface area is 328 Å². The van der Waals surface area contributed by atoms with Crippen molar-refractivity contribution in [2.24, 2.45) is 7.05 Å². The maximum atomic E-state index is 13.0. The average Bonchev–Trinajstić information content (AvgIpc) is 3.62. The number of benzene rings is 2. The Morgan fingerprint density at radius 1 is 0.750 bits per heavy atom. The Hall–Kier alpha value is -5.38. The molecule has 14 nitrogen and oxygen atoms in total. The van der Waals surface area contributed by atoms with Crippen molar-refractivity contribution in [3.05, 3.63) is 95.5 Å². The van der Waals surface area contributed by atoms with Gasteiger partial charge in [0.2, 0.25) is 11.8 Å². The van der Waals surface area contributed by atoms with Crippen molar-refractivity contribution < 1.29 is 42.8 Å². The molecule has 0 radical (unpaired) electrons. The molecule has 1 unspecified atom stereocenters. The minimum Gasteiger partial charge on any atom is -0.491 e. The summed E-state index contributed by atoms with van der Waals surface area (Å²) >= 11 is 6.52. The van der Waals surface area contributed by atoms with E-state index in [1.54, 1.807) is 24.5 Å². The number of pyridine rings is 2. The van der Waals surface area contributed by atoms with E-state index < -0.39 is 23.8 Å². The summed E-state index contributed by atoms with van der Waals surface area (Å²) < 4.78 is 35.9. The number of allylic oxidation sites excluding steroid dienone is 1. The third-order valence-corrected chi connectivity index (χ3v) is 9.82. The largest absolute Gasteiger partial charge is 0.491 e. The zero-order valence-electron chi connectivity index (χ0n) is 31.0. The standard InChI is InChI=1S/C41H42ClN5O9/c1-26-3-8-36(38(48)45-26)47-40(49)31-7-5-29(23-32(31)41(47)50)55-19-17-53-15-13-51-11-12-52-14-16-54-18-20-56-39-34(42)21-28(24-44-39)27-4-6-30-33-25-43-10-9-35(33)46(2)37(30)22-27/h4-7,9-10,21-25,36H,1,3,8,11-20H2,2H3,(H,45,48). The number of nitrogens with one attached hydrogen (secondary N) is 1. The molecule has 0 bridgehead atoms. The highest BCUT2D eigenvalue weighted by molar-refractivity contribution is 6.32. The predicted octanol–water partition coefficient (Wildman–Crippen LogP) is 5.35. The highest BCUT2D eigenvalue weighted by Crippen LogP contribution is 2.34. The maximum absolute atomic E-state index is 13.0. The van der Waals surface area contributed by atoms with Gasteiger partial charge in [-0.2, -0.15) is 0 Å². The molecule has 3 aromatic heterocycles. The molecule has 3 amide bonds. The lowest BCUT2D eigenvalue weighted by molar-refractivity contribution is -0.125. The molecule has 1 atom stereocenters. The lowest BCUT2D eigenvalue weighted by Crippen LogP contribution is -2.51. The number of carbonyl (C=O) groups excluding carboxylic acids is 3. The molecule has 1 fully saturated rings. The zero-order valence-corrected chi connectivity index (χ0v) is 31.7. The number of carbonyl (C=O) groups is 3. The van der Waals surface area contributed by atoms with Crippen LogP contribution in [0.5, 0.6) is 11.6 Å². The molecule has 0 saturated carbocycles. The molecular weight excluding hydrogens is 742 g/mol. The first-order valence-corrected chi connectivity index (χ1v) is 18.7. The van der Waals surface area contributed by atoms with E-state index >= 15 is 0 Å². The topological polar surface area (TPSA) is 153 Å². The van der Waals surface area contributed by atoms with Crippen molar-refractivity contribution in [1.82, 2.24) is 24.8 Å². The van der Waals surface area contributed by atoms with Gasteiger partial charge in [-0.1, -0.05) is 30.3 Å². The Morgan fingerprint density at radius 2 is 1.43 bits per heavy atom. The summed E-state index contributed by atoms with van der Waals surface area (Å²) in [7, 11) is 2.05. The number of nitrogens with zero attached hydrogens (tertiary/aromatic N) is 4. The minimum atomic E-state index is -0.858. The number of fused-ring (bicyclic) bond motifs is 4. The van der Waals surface area contributed by atoms with Crippen LogP contribution < -0.4 is 14.8 Å². The molecule has 56 heavy (non-hydrogen) atoms. The van der Waals surface area contributed by atoms with Crippen LogP contribution in [0.25, 0.3) is 32.9 Å². The van der Waals surface area contributed by atoms with Crippen molar-refractivity contribution in [3.63, 3.8) is 0 Å². The van der Waals surface area contributed by atoms with Gasteiger partial charge in [0.1, 0.15) is 30.0 Å². The summed E-state index contributed by atoms with van der Waals surface area (Å²) in [6.07, 6.45) is 6.29. The number of amides is 3. The van der Waals surface area contributed by atoms with E-state index in [-0.39, 0.29) is 17.7 Å².